The van der Waals surface area contributed by atoms with E-state index < -0.39 is 0 Å². The number of benzene rings is 4. The van der Waals surface area contributed by atoms with Gasteiger partial charge in [0.15, 0.2) is 0 Å². The Balaban J connectivity index is 1.72. The minimum atomic E-state index is 0.0872. The molecule has 0 aliphatic carbocycles. The maximum absolute atomic E-state index is 8.98. The van der Waals surface area contributed by atoms with E-state index in [0.717, 1.165) is 22.6 Å². The molecule has 0 bridgehead atoms. The van der Waals surface area contributed by atoms with E-state index in [1.807, 2.05) is 72.8 Å². The Hall–Kier alpha value is -4.60. The van der Waals surface area contributed by atoms with Gasteiger partial charge in [-0.1, -0.05) is 72.8 Å². The van der Waals surface area contributed by atoms with Crippen molar-refractivity contribution in [2.45, 2.75) is 0 Å². The van der Waals surface area contributed by atoms with Crippen molar-refractivity contribution in [3.05, 3.63) is 120 Å². The Kier molecular flexibility index (Phi) is 5.89. The first kappa shape index (κ1) is 19.7. The van der Waals surface area contributed by atoms with Crippen molar-refractivity contribution in [1.82, 2.24) is 0 Å². The monoisotopic (exact) mass is 397 g/mol. The lowest BCUT2D eigenvalue weighted by Crippen LogP contribution is -2.09. The Morgan fingerprint density at radius 2 is 1.00 bits per heavy atom. The zero-order valence-electron chi connectivity index (χ0n) is 16.8. The molecule has 4 rings (SSSR count). The van der Waals surface area contributed by atoms with Crippen molar-refractivity contribution >= 4 is 23.1 Å². The highest BCUT2D eigenvalue weighted by atomic mass is 15.1. The average molecular weight is 397 g/mol. The highest BCUT2D eigenvalue weighted by molar-refractivity contribution is 5.79. The summed E-state index contributed by atoms with van der Waals surface area (Å²) in [5.74, 6) is 0. The Morgan fingerprint density at radius 3 is 1.55 bits per heavy atom. The Bertz CT molecular complexity index is 1240. The van der Waals surface area contributed by atoms with Gasteiger partial charge >= 0.3 is 0 Å². The fourth-order valence-electron chi connectivity index (χ4n) is 3.43. The lowest BCUT2D eigenvalue weighted by molar-refractivity contribution is 1.28. The van der Waals surface area contributed by atoms with Crippen molar-refractivity contribution < 1.29 is 0 Å². The second kappa shape index (κ2) is 9.27. The summed E-state index contributed by atoms with van der Waals surface area (Å²) in [5.41, 5.74) is 6.34. The van der Waals surface area contributed by atoms with Gasteiger partial charge in [-0.05, 0) is 59.2 Å². The van der Waals surface area contributed by atoms with Crippen LogP contribution in [-0.2, 0) is 0 Å². The van der Waals surface area contributed by atoms with Crippen LogP contribution in [0.2, 0.25) is 0 Å². The van der Waals surface area contributed by atoms with Crippen molar-refractivity contribution in [3.8, 4) is 23.3 Å². The molecule has 4 aromatic rings. The first-order valence-corrected chi connectivity index (χ1v) is 9.91. The lowest BCUT2D eigenvalue weighted by atomic mass is 10.0. The molecule has 0 aromatic heterocycles. The van der Waals surface area contributed by atoms with Crippen molar-refractivity contribution in [2.75, 3.05) is 4.90 Å². The highest BCUT2D eigenvalue weighted by Crippen LogP contribution is 2.35. The molecule has 0 fully saturated rings. The fraction of sp³-hybridized carbons (Fsp3) is 0. The molecule has 0 radical (unpaired) electrons. The minimum absolute atomic E-state index is 0.0872. The number of rotatable bonds is 5. The molecule has 0 saturated carbocycles. The zero-order valence-corrected chi connectivity index (χ0v) is 16.8. The molecule has 0 atom stereocenters. The molecule has 0 heterocycles. The van der Waals surface area contributed by atoms with E-state index in [2.05, 4.69) is 53.4 Å². The third kappa shape index (κ3) is 4.53. The topological polar surface area (TPSA) is 50.8 Å². The van der Waals surface area contributed by atoms with Crippen molar-refractivity contribution in [3.63, 3.8) is 0 Å². The van der Waals surface area contributed by atoms with Crippen LogP contribution in [0.25, 0.3) is 17.2 Å². The van der Waals surface area contributed by atoms with Gasteiger partial charge in [0.25, 0.3) is 0 Å². The molecule has 0 aliphatic rings. The molecule has 3 nitrogen and oxygen atoms in total. The maximum atomic E-state index is 8.98. The summed E-state index contributed by atoms with van der Waals surface area (Å²) in [4.78, 5) is 2.18. The molecule has 0 saturated heterocycles. The smallest absolute Gasteiger partial charge is 0.130 e. The predicted molar refractivity (Wildman–Crippen MR) is 126 cm³/mol. The van der Waals surface area contributed by atoms with Crippen LogP contribution in [0.3, 0.4) is 0 Å². The summed E-state index contributed by atoms with van der Waals surface area (Å²) in [6, 6.07) is 40.6. The average Bonchev–Trinajstić information content (AvgIpc) is 2.85. The molecular formula is C28H19N3. The van der Waals surface area contributed by atoms with E-state index in [1.165, 1.54) is 11.1 Å². The Morgan fingerprint density at radius 1 is 0.548 bits per heavy atom. The molecule has 4 aromatic carbocycles. The molecule has 0 unspecified atom stereocenters. The first-order chi connectivity index (χ1) is 15.3. The summed E-state index contributed by atoms with van der Waals surface area (Å²) in [6.07, 6.45) is 1.59. The predicted octanol–water partition coefficient (Wildman–Crippen LogP) is 7.25. The van der Waals surface area contributed by atoms with Gasteiger partial charge in [-0.15, -0.1) is 0 Å². The number of hydrogen-bond donors (Lipinski definition) is 0. The van der Waals surface area contributed by atoms with Crippen molar-refractivity contribution in [1.29, 1.82) is 10.5 Å². The molecule has 0 spiro atoms. The van der Waals surface area contributed by atoms with Crippen LogP contribution < -0.4 is 4.90 Å². The number of para-hydroxylation sites is 1. The third-order valence-electron chi connectivity index (χ3n) is 4.95. The van der Waals surface area contributed by atoms with Gasteiger partial charge in [0, 0.05) is 17.1 Å². The van der Waals surface area contributed by atoms with E-state index in [4.69, 9.17) is 10.5 Å². The van der Waals surface area contributed by atoms with E-state index in [-0.39, 0.29) is 5.57 Å². The van der Waals surface area contributed by atoms with Gasteiger partial charge < -0.3 is 4.90 Å². The van der Waals surface area contributed by atoms with E-state index >= 15 is 0 Å². The Labute approximate surface area is 182 Å². The van der Waals surface area contributed by atoms with Gasteiger partial charge in [0.1, 0.15) is 17.7 Å². The largest absolute Gasteiger partial charge is 0.311 e. The van der Waals surface area contributed by atoms with Crippen LogP contribution in [0.4, 0.5) is 17.1 Å². The summed E-state index contributed by atoms with van der Waals surface area (Å²) < 4.78 is 0. The quantitative estimate of drug-likeness (QED) is 0.333. The van der Waals surface area contributed by atoms with Gasteiger partial charge in [-0.3, -0.25) is 0 Å². The number of anilines is 3. The molecule has 3 heteroatoms. The summed E-state index contributed by atoms with van der Waals surface area (Å²) >= 11 is 0. The second-order valence-electron chi connectivity index (χ2n) is 6.96. The molecular weight excluding hydrogens is 378 g/mol. The summed E-state index contributed by atoms with van der Waals surface area (Å²) in [6.45, 7) is 0. The number of nitrogens with zero attached hydrogens (tertiary/aromatic N) is 3. The van der Waals surface area contributed by atoms with E-state index in [0.29, 0.717) is 0 Å². The van der Waals surface area contributed by atoms with Crippen LogP contribution in [-0.4, -0.2) is 0 Å². The van der Waals surface area contributed by atoms with Gasteiger partial charge in [-0.25, -0.2) is 0 Å². The van der Waals surface area contributed by atoms with Gasteiger partial charge in [0.2, 0.25) is 0 Å². The molecule has 31 heavy (non-hydrogen) atoms. The molecule has 146 valence electrons. The zero-order chi connectivity index (χ0) is 21.5. The normalized spacial score (nSPS) is 9.87. The van der Waals surface area contributed by atoms with Gasteiger partial charge in [-0.2, -0.15) is 10.5 Å². The third-order valence-corrected chi connectivity index (χ3v) is 4.95. The van der Waals surface area contributed by atoms with Crippen LogP contribution >= 0.6 is 0 Å². The van der Waals surface area contributed by atoms with Crippen LogP contribution in [0, 0.1) is 22.7 Å². The lowest BCUT2D eigenvalue weighted by Gasteiger charge is -2.25. The second-order valence-corrected chi connectivity index (χ2v) is 6.96. The first-order valence-electron chi connectivity index (χ1n) is 9.91. The van der Waals surface area contributed by atoms with E-state index in [1.54, 1.807) is 6.08 Å². The number of nitriles is 2. The highest BCUT2D eigenvalue weighted by Gasteiger charge is 2.12. The SMILES string of the molecule is N#CC(C#N)=Cc1ccc(N(c2ccccc2)c2ccc(-c3ccccc3)cc2)cc1. The number of allylic oxidation sites excluding steroid dienone is 1. The van der Waals surface area contributed by atoms with Crippen molar-refractivity contribution in [2.24, 2.45) is 0 Å². The van der Waals surface area contributed by atoms with Crippen LogP contribution in [0.15, 0.2) is 115 Å². The van der Waals surface area contributed by atoms with Gasteiger partial charge in [0.05, 0.1) is 0 Å². The summed E-state index contributed by atoms with van der Waals surface area (Å²) in [5, 5.41) is 18.0. The molecule has 0 amide bonds. The fourth-order valence-corrected chi connectivity index (χ4v) is 3.43. The van der Waals surface area contributed by atoms with Crippen LogP contribution in [0.5, 0.6) is 0 Å². The minimum Gasteiger partial charge on any atom is -0.311 e. The van der Waals surface area contributed by atoms with E-state index in [9.17, 15) is 0 Å². The molecule has 0 N–H and O–H groups in total. The number of hydrogen-bond acceptors (Lipinski definition) is 3. The summed E-state index contributed by atoms with van der Waals surface area (Å²) in [7, 11) is 0. The standard InChI is InChI=1S/C28H19N3/c29-20-23(21-30)19-22-11-15-27(16-12-22)31(26-9-5-2-6-10-26)28-17-13-25(14-18-28)24-7-3-1-4-8-24/h1-19H. The maximum Gasteiger partial charge on any atom is 0.130 e. The molecule has 0 aliphatic heterocycles. The van der Waals surface area contributed by atoms with Crippen LogP contribution in [0.1, 0.15) is 5.56 Å².